The van der Waals surface area contributed by atoms with Gasteiger partial charge in [-0.25, -0.2) is 0 Å². The summed E-state index contributed by atoms with van der Waals surface area (Å²) in [6.07, 6.45) is -12.7. The first-order chi connectivity index (χ1) is 14.2. The van der Waals surface area contributed by atoms with Crippen molar-refractivity contribution in [3.63, 3.8) is 0 Å². The summed E-state index contributed by atoms with van der Waals surface area (Å²) in [5.74, 6) is -22.7. The Kier molecular flexibility index (Phi) is 6.07. The minimum absolute atomic E-state index is 0.153. The Labute approximate surface area is 170 Å². The first kappa shape index (κ1) is 25.8. The molecule has 2 N–H and O–H groups in total. The second kappa shape index (κ2) is 7.54. The maximum absolute atomic E-state index is 13.8. The van der Waals surface area contributed by atoms with E-state index in [1.54, 1.807) is 0 Å². The normalized spacial score (nSPS) is 17.6. The number of rotatable bonds is 5. The van der Waals surface area contributed by atoms with Crippen molar-refractivity contribution in [1.82, 2.24) is 0 Å². The van der Waals surface area contributed by atoms with Crippen LogP contribution in [-0.2, 0) is 11.8 Å². The average molecular weight is 486 g/mol. The minimum Gasteiger partial charge on any atom is -0.350 e. The SMILES string of the molecule is OC(F)(C(F)(F)F)C(F)(F)c1ccc(-c2ccc(C(F)(F)C(O)(F)C(F)(F)F)cc2)cc1. The molecule has 2 rings (SSSR count). The van der Waals surface area contributed by atoms with Gasteiger partial charge >= 0.3 is 35.9 Å². The van der Waals surface area contributed by atoms with Crippen molar-refractivity contribution in [2.24, 2.45) is 0 Å². The Morgan fingerprint density at radius 3 is 0.812 bits per heavy atom. The summed E-state index contributed by atoms with van der Waals surface area (Å²) in [4.78, 5) is 0. The summed E-state index contributed by atoms with van der Waals surface area (Å²) in [6, 6.07) is 3.90. The first-order valence-electron chi connectivity index (χ1n) is 8.11. The molecule has 0 aromatic heterocycles. The van der Waals surface area contributed by atoms with Gasteiger partial charge < -0.3 is 10.2 Å². The van der Waals surface area contributed by atoms with Crippen molar-refractivity contribution in [3.05, 3.63) is 59.7 Å². The molecule has 0 radical (unpaired) electrons. The molecule has 0 saturated heterocycles. The largest absolute Gasteiger partial charge is 0.455 e. The topological polar surface area (TPSA) is 40.5 Å². The number of alkyl halides is 12. The predicted octanol–water partition coefficient (Wildman–Crippen LogP) is 5.98. The smallest absolute Gasteiger partial charge is 0.350 e. The van der Waals surface area contributed by atoms with E-state index in [2.05, 4.69) is 0 Å². The quantitative estimate of drug-likeness (QED) is 0.511. The number of benzene rings is 2. The van der Waals surface area contributed by atoms with E-state index in [1.165, 1.54) is 0 Å². The number of halogens is 12. The van der Waals surface area contributed by atoms with Crippen LogP contribution in [-0.4, -0.2) is 34.3 Å². The van der Waals surface area contributed by atoms with Gasteiger partial charge in [-0.2, -0.15) is 52.7 Å². The Morgan fingerprint density at radius 2 is 0.625 bits per heavy atom. The summed E-state index contributed by atoms with van der Waals surface area (Å²) < 4.78 is 156. The average Bonchev–Trinajstić information content (AvgIpc) is 2.66. The van der Waals surface area contributed by atoms with Gasteiger partial charge in [0.05, 0.1) is 0 Å². The summed E-state index contributed by atoms with van der Waals surface area (Å²) >= 11 is 0. The predicted molar refractivity (Wildman–Crippen MR) is 83.9 cm³/mol. The summed E-state index contributed by atoms with van der Waals surface area (Å²) in [7, 11) is 0. The molecule has 178 valence electrons. The molecule has 2 unspecified atom stereocenters. The highest BCUT2D eigenvalue weighted by molar-refractivity contribution is 5.64. The van der Waals surface area contributed by atoms with Crippen LogP contribution in [0.5, 0.6) is 0 Å². The Bertz CT molecular complexity index is 862. The molecule has 2 nitrogen and oxygen atoms in total. The summed E-state index contributed by atoms with van der Waals surface area (Å²) in [6.45, 7) is 0. The van der Waals surface area contributed by atoms with Gasteiger partial charge in [-0.3, -0.25) is 0 Å². The fraction of sp³-hybridized carbons (Fsp3) is 0.333. The molecule has 14 heteroatoms. The molecule has 0 bridgehead atoms. The van der Waals surface area contributed by atoms with E-state index in [1.807, 2.05) is 0 Å². The van der Waals surface area contributed by atoms with E-state index in [0.29, 0.717) is 24.3 Å². The first-order valence-corrected chi connectivity index (χ1v) is 8.11. The fourth-order valence-corrected chi connectivity index (χ4v) is 2.48. The molecular weight excluding hydrogens is 476 g/mol. The molecule has 0 spiro atoms. The zero-order valence-electron chi connectivity index (χ0n) is 15.0. The van der Waals surface area contributed by atoms with Crippen LogP contribution in [0.1, 0.15) is 11.1 Å². The Hall–Kier alpha value is -2.48. The van der Waals surface area contributed by atoms with Crippen LogP contribution < -0.4 is 0 Å². The fourth-order valence-electron chi connectivity index (χ4n) is 2.48. The zero-order valence-corrected chi connectivity index (χ0v) is 15.0. The molecule has 2 aromatic rings. The third kappa shape index (κ3) is 4.00. The lowest BCUT2D eigenvalue weighted by atomic mass is 9.95. The van der Waals surface area contributed by atoms with Crippen molar-refractivity contribution in [3.8, 4) is 11.1 Å². The molecule has 0 fully saturated rings. The van der Waals surface area contributed by atoms with Gasteiger partial charge in [-0.05, 0) is 11.1 Å². The van der Waals surface area contributed by atoms with Crippen LogP contribution in [0, 0.1) is 0 Å². The van der Waals surface area contributed by atoms with Crippen LogP contribution in [0.15, 0.2) is 48.5 Å². The van der Waals surface area contributed by atoms with E-state index in [9.17, 15) is 52.7 Å². The highest BCUT2D eigenvalue weighted by atomic mass is 19.4. The van der Waals surface area contributed by atoms with E-state index in [-0.39, 0.29) is 35.4 Å². The van der Waals surface area contributed by atoms with E-state index < -0.39 is 47.0 Å². The molecule has 32 heavy (non-hydrogen) atoms. The van der Waals surface area contributed by atoms with Gasteiger partial charge in [0.25, 0.3) is 0 Å². The molecule has 0 amide bonds. The van der Waals surface area contributed by atoms with Crippen LogP contribution in [0.4, 0.5) is 52.7 Å². The lowest BCUT2D eigenvalue weighted by Gasteiger charge is -2.30. The zero-order chi connectivity index (χ0) is 25.0. The van der Waals surface area contributed by atoms with Crippen LogP contribution in [0.2, 0.25) is 0 Å². The highest BCUT2D eigenvalue weighted by Crippen LogP contribution is 2.50. The van der Waals surface area contributed by atoms with E-state index >= 15 is 0 Å². The molecule has 0 aliphatic carbocycles. The summed E-state index contributed by atoms with van der Waals surface area (Å²) in [5, 5.41) is 17.2. The number of aliphatic hydroxyl groups is 2. The second-order valence-corrected chi connectivity index (χ2v) is 6.54. The Morgan fingerprint density at radius 1 is 0.406 bits per heavy atom. The molecule has 2 aromatic carbocycles. The molecule has 0 saturated carbocycles. The van der Waals surface area contributed by atoms with Crippen LogP contribution in [0.3, 0.4) is 0 Å². The molecule has 0 heterocycles. The van der Waals surface area contributed by atoms with Gasteiger partial charge in [-0.15, -0.1) is 0 Å². The van der Waals surface area contributed by atoms with E-state index in [4.69, 9.17) is 10.2 Å². The second-order valence-electron chi connectivity index (χ2n) is 6.54. The van der Waals surface area contributed by atoms with Gasteiger partial charge in [0, 0.05) is 11.1 Å². The molecular formula is C18H10F12O2. The molecule has 0 aliphatic rings. The maximum Gasteiger partial charge on any atom is 0.455 e. The third-order valence-electron chi connectivity index (χ3n) is 4.41. The number of hydrogen-bond acceptors (Lipinski definition) is 2. The molecule has 2 atom stereocenters. The monoisotopic (exact) mass is 486 g/mol. The van der Waals surface area contributed by atoms with Gasteiger partial charge in [0.1, 0.15) is 0 Å². The van der Waals surface area contributed by atoms with Crippen molar-refractivity contribution >= 4 is 0 Å². The standard InChI is InChI=1S/C18H10F12O2/c19-13(20,15(23,31)17(25,26)27)11-5-1-9(2-6-11)10-3-7-12(8-4-10)14(21,22)16(24,32)18(28,29)30/h1-8,31-32H. The lowest BCUT2D eigenvalue weighted by molar-refractivity contribution is -0.390. The van der Waals surface area contributed by atoms with Crippen molar-refractivity contribution in [2.45, 2.75) is 35.9 Å². The van der Waals surface area contributed by atoms with Gasteiger partial charge in [0.15, 0.2) is 0 Å². The van der Waals surface area contributed by atoms with Crippen molar-refractivity contribution in [2.75, 3.05) is 0 Å². The van der Waals surface area contributed by atoms with Crippen LogP contribution in [0.25, 0.3) is 11.1 Å². The van der Waals surface area contributed by atoms with Crippen molar-refractivity contribution in [1.29, 1.82) is 0 Å². The van der Waals surface area contributed by atoms with Crippen LogP contribution >= 0.6 is 0 Å². The highest BCUT2D eigenvalue weighted by Gasteiger charge is 2.72. The van der Waals surface area contributed by atoms with Gasteiger partial charge in [0.2, 0.25) is 0 Å². The Balaban J connectivity index is 2.36. The van der Waals surface area contributed by atoms with E-state index in [0.717, 1.165) is 0 Å². The number of hydrogen-bond donors (Lipinski definition) is 2. The summed E-state index contributed by atoms with van der Waals surface area (Å²) in [5.41, 5.74) is -3.50. The third-order valence-corrected chi connectivity index (χ3v) is 4.41. The minimum atomic E-state index is -6.34. The molecule has 0 aliphatic heterocycles. The maximum atomic E-state index is 13.8. The lowest BCUT2D eigenvalue weighted by Crippen LogP contribution is -2.53. The van der Waals surface area contributed by atoms with Gasteiger partial charge in [-0.1, -0.05) is 48.5 Å². The van der Waals surface area contributed by atoms with Crippen molar-refractivity contribution < 1.29 is 62.9 Å².